The Morgan fingerprint density at radius 1 is 1.06 bits per heavy atom. The molecule has 1 aliphatic heterocycles. The maximum absolute atomic E-state index is 13.0. The number of benzene rings is 2. The van der Waals surface area contributed by atoms with E-state index in [1.165, 1.54) is 18.2 Å². The first-order chi connectivity index (χ1) is 15.5. The number of para-hydroxylation sites is 1. The molecular weight excluding hydrogens is 455 g/mol. The minimum atomic E-state index is -4.56. The number of hydrogen-bond donors (Lipinski definition) is 1. The number of nitrogens with zero attached hydrogens (tertiary/aromatic N) is 2. The van der Waals surface area contributed by atoms with Crippen LogP contribution >= 0.6 is 11.6 Å². The van der Waals surface area contributed by atoms with E-state index in [4.69, 9.17) is 11.6 Å². The zero-order chi connectivity index (χ0) is 24.2. The average Bonchev–Trinajstić information content (AvgIpc) is 2.75. The van der Waals surface area contributed by atoms with Crippen LogP contribution in [0.5, 0.6) is 0 Å². The smallest absolute Gasteiger partial charge is 0.337 e. The van der Waals surface area contributed by atoms with Crippen molar-refractivity contribution in [3.05, 3.63) is 69.8 Å². The molecule has 0 radical (unpaired) electrons. The maximum Gasteiger partial charge on any atom is 0.417 e. The lowest BCUT2D eigenvalue weighted by molar-refractivity contribution is -0.137. The van der Waals surface area contributed by atoms with Crippen LogP contribution in [-0.4, -0.2) is 54.3 Å². The van der Waals surface area contributed by atoms with E-state index in [-0.39, 0.29) is 28.9 Å². The number of rotatable bonds is 5. The van der Waals surface area contributed by atoms with Gasteiger partial charge in [-0.1, -0.05) is 35.9 Å². The summed E-state index contributed by atoms with van der Waals surface area (Å²) in [6.45, 7) is 6.00. The zero-order valence-corrected chi connectivity index (χ0v) is 19.1. The van der Waals surface area contributed by atoms with Crippen LogP contribution < -0.4 is 5.32 Å². The summed E-state index contributed by atoms with van der Waals surface area (Å²) < 4.78 is 39.0. The second-order valence-corrected chi connectivity index (χ2v) is 8.39. The van der Waals surface area contributed by atoms with Crippen molar-refractivity contribution >= 4 is 35.2 Å². The summed E-state index contributed by atoms with van der Waals surface area (Å²) in [6, 6.07) is 9.32. The Labute approximate surface area is 195 Å². The van der Waals surface area contributed by atoms with Gasteiger partial charge < -0.3 is 10.2 Å². The number of carbonyl (C=O) groups excluding carboxylic acids is 2. The molecule has 2 aromatic rings. The number of aryl methyl sites for hydroxylation is 2. The average molecular weight is 480 g/mol. The fourth-order valence-electron chi connectivity index (χ4n) is 3.66. The van der Waals surface area contributed by atoms with Crippen molar-refractivity contribution in [3.8, 4) is 0 Å². The second-order valence-electron chi connectivity index (χ2n) is 7.99. The third-order valence-corrected chi connectivity index (χ3v) is 5.84. The first-order valence-electron chi connectivity index (χ1n) is 10.5. The Kier molecular flexibility index (Phi) is 7.81. The van der Waals surface area contributed by atoms with Gasteiger partial charge in [0.15, 0.2) is 0 Å². The molecule has 1 fully saturated rings. The fraction of sp³-hybridized carbons (Fsp3) is 0.333. The van der Waals surface area contributed by atoms with E-state index in [0.717, 1.165) is 28.9 Å². The molecular formula is C24H25ClF3N3O2. The normalized spacial score (nSPS) is 15.2. The molecule has 1 N–H and O–H groups in total. The van der Waals surface area contributed by atoms with E-state index >= 15 is 0 Å². The summed E-state index contributed by atoms with van der Waals surface area (Å²) >= 11 is 5.62. The molecule has 2 aromatic carbocycles. The van der Waals surface area contributed by atoms with Gasteiger partial charge in [-0.25, -0.2) is 0 Å². The number of anilines is 1. The zero-order valence-electron chi connectivity index (χ0n) is 18.4. The summed E-state index contributed by atoms with van der Waals surface area (Å²) in [5.41, 5.74) is 2.10. The number of nitrogens with one attached hydrogen (secondary N) is 1. The van der Waals surface area contributed by atoms with Crippen molar-refractivity contribution in [2.45, 2.75) is 20.0 Å². The van der Waals surface area contributed by atoms with Gasteiger partial charge in [0.2, 0.25) is 11.8 Å². The van der Waals surface area contributed by atoms with Crippen molar-refractivity contribution < 1.29 is 22.8 Å². The standard InChI is InChI=1S/C24H25ClF3N3O2/c1-16-4-3-5-17(2)23(16)29-21(32)15-30-10-12-31(13-11-30)22(33)9-7-18-6-8-20(25)19(14-18)24(26,27)28/h3-9,14H,10-13,15H2,1-2H3,(H,29,32)/b9-7+. The van der Waals surface area contributed by atoms with Crippen molar-refractivity contribution in [2.24, 2.45) is 0 Å². The summed E-state index contributed by atoms with van der Waals surface area (Å²) in [5, 5.41) is 2.57. The molecule has 176 valence electrons. The van der Waals surface area contributed by atoms with E-state index in [1.807, 2.05) is 36.9 Å². The van der Waals surface area contributed by atoms with Gasteiger partial charge in [-0.15, -0.1) is 0 Å². The Morgan fingerprint density at radius 2 is 1.70 bits per heavy atom. The van der Waals surface area contributed by atoms with Crippen molar-refractivity contribution in [1.82, 2.24) is 9.80 Å². The van der Waals surface area contributed by atoms with Gasteiger partial charge in [-0.05, 0) is 48.7 Å². The Bertz CT molecular complexity index is 1040. The van der Waals surface area contributed by atoms with Crippen LogP contribution in [0.25, 0.3) is 6.08 Å². The molecule has 0 saturated carbocycles. The number of amides is 2. The number of alkyl halides is 3. The van der Waals surface area contributed by atoms with E-state index in [2.05, 4.69) is 5.32 Å². The molecule has 0 aliphatic carbocycles. The van der Waals surface area contributed by atoms with E-state index < -0.39 is 11.7 Å². The number of carbonyl (C=O) groups is 2. The number of piperazine rings is 1. The summed E-state index contributed by atoms with van der Waals surface area (Å²) in [4.78, 5) is 28.5. The monoisotopic (exact) mass is 479 g/mol. The van der Waals surface area contributed by atoms with E-state index in [0.29, 0.717) is 26.2 Å². The quantitative estimate of drug-likeness (QED) is 0.628. The number of halogens is 4. The fourth-order valence-corrected chi connectivity index (χ4v) is 3.88. The highest BCUT2D eigenvalue weighted by molar-refractivity contribution is 6.31. The molecule has 0 atom stereocenters. The predicted octanol–water partition coefficient (Wildman–Crippen LogP) is 4.77. The third kappa shape index (κ3) is 6.58. The lowest BCUT2D eigenvalue weighted by Crippen LogP contribution is -2.50. The van der Waals surface area contributed by atoms with Gasteiger partial charge in [0.1, 0.15) is 0 Å². The highest BCUT2D eigenvalue weighted by Gasteiger charge is 2.33. The molecule has 0 unspecified atom stereocenters. The first kappa shape index (κ1) is 24.8. The van der Waals surface area contributed by atoms with Gasteiger partial charge >= 0.3 is 6.18 Å². The van der Waals surface area contributed by atoms with Gasteiger partial charge in [0.05, 0.1) is 17.1 Å². The Balaban J connectivity index is 1.51. The molecule has 0 bridgehead atoms. The largest absolute Gasteiger partial charge is 0.417 e. The topological polar surface area (TPSA) is 52.7 Å². The summed E-state index contributed by atoms with van der Waals surface area (Å²) in [6.07, 6.45) is -1.96. The lowest BCUT2D eigenvalue weighted by atomic mass is 10.1. The van der Waals surface area contributed by atoms with Crippen LogP contribution in [0.2, 0.25) is 5.02 Å². The van der Waals surface area contributed by atoms with Crippen LogP contribution in [-0.2, 0) is 15.8 Å². The maximum atomic E-state index is 13.0. The minimum Gasteiger partial charge on any atom is -0.337 e. The van der Waals surface area contributed by atoms with Gasteiger partial charge in [0.25, 0.3) is 0 Å². The van der Waals surface area contributed by atoms with Crippen LogP contribution in [0.4, 0.5) is 18.9 Å². The van der Waals surface area contributed by atoms with Gasteiger partial charge in [0, 0.05) is 37.9 Å². The molecule has 5 nitrogen and oxygen atoms in total. The van der Waals surface area contributed by atoms with Crippen molar-refractivity contribution in [1.29, 1.82) is 0 Å². The van der Waals surface area contributed by atoms with Crippen molar-refractivity contribution in [3.63, 3.8) is 0 Å². The molecule has 0 spiro atoms. The van der Waals surface area contributed by atoms with E-state index in [1.54, 1.807) is 4.90 Å². The predicted molar refractivity (Wildman–Crippen MR) is 123 cm³/mol. The van der Waals surface area contributed by atoms with Crippen LogP contribution in [0.1, 0.15) is 22.3 Å². The van der Waals surface area contributed by atoms with Crippen LogP contribution in [0.15, 0.2) is 42.5 Å². The summed E-state index contributed by atoms with van der Waals surface area (Å²) in [5.74, 6) is -0.409. The third-order valence-electron chi connectivity index (χ3n) is 5.51. The van der Waals surface area contributed by atoms with Gasteiger partial charge in [-0.2, -0.15) is 13.2 Å². The molecule has 0 aromatic heterocycles. The molecule has 33 heavy (non-hydrogen) atoms. The number of hydrogen-bond acceptors (Lipinski definition) is 3. The highest BCUT2D eigenvalue weighted by atomic mass is 35.5. The molecule has 1 heterocycles. The molecule has 1 aliphatic rings. The molecule has 9 heteroatoms. The Hall–Kier alpha value is -2.84. The van der Waals surface area contributed by atoms with Crippen LogP contribution in [0, 0.1) is 13.8 Å². The van der Waals surface area contributed by atoms with E-state index in [9.17, 15) is 22.8 Å². The molecule has 1 saturated heterocycles. The molecule has 2 amide bonds. The van der Waals surface area contributed by atoms with Crippen LogP contribution in [0.3, 0.4) is 0 Å². The second kappa shape index (κ2) is 10.4. The minimum absolute atomic E-state index is 0.115. The van der Waals surface area contributed by atoms with Crippen molar-refractivity contribution in [2.75, 3.05) is 38.0 Å². The first-order valence-corrected chi connectivity index (χ1v) is 10.8. The lowest BCUT2D eigenvalue weighted by Gasteiger charge is -2.33. The Morgan fingerprint density at radius 3 is 2.30 bits per heavy atom. The molecule has 3 rings (SSSR count). The highest BCUT2D eigenvalue weighted by Crippen LogP contribution is 2.35. The SMILES string of the molecule is Cc1cccc(C)c1NC(=O)CN1CCN(C(=O)/C=C/c2ccc(Cl)c(C(F)(F)F)c2)CC1. The summed E-state index contributed by atoms with van der Waals surface area (Å²) in [7, 11) is 0. The van der Waals surface area contributed by atoms with Gasteiger partial charge in [-0.3, -0.25) is 14.5 Å².